The third-order valence-corrected chi connectivity index (χ3v) is 5.37. The van der Waals surface area contributed by atoms with Crippen molar-refractivity contribution in [1.82, 2.24) is 4.31 Å². The summed E-state index contributed by atoms with van der Waals surface area (Å²) in [6.07, 6.45) is 0. The van der Waals surface area contributed by atoms with Gasteiger partial charge in [0.15, 0.2) is 5.75 Å². The molecule has 1 aromatic carbocycles. The normalized spacial score (nSPS) is 11.7. The number of hydrogen-bond donors (Lipinski definition) is 1. The molecular formula is C12H12N2O5S2. The predicted molar refractivity (Wildman–Crippen MR) is 77.7 cm³/mol. The zero-order valence-corrected chi connectivity index (χ0v) is 12.6. The highest BCUT2D eigenvalue weighted by Gasteiger charge is 2.25. The molecule has 0 unspecified atom stereocenters. The SMILES string of the molecule is CN(Cc1ccsc1)S(=O)(=O)c1ccc(O)c([N+](=O)[O-])c1. The van der Waals surface area contributed by atoms with Gasteiger partial charge in [-0.1, -0.05) is 0 Å². The Morgan fingerprint density at radius 3 is 2.67 bits per heavy atom. The Bertz CT molecular complexity index is 756. The molecule has 2 rings (SSSR count). The van der Waals surface area contributed by atoms with Crippen molar-refractivity contribution in [3.63, 3.8) is 0 Å². The first-order valence-electron chi connectivity index (χ1n) is 5.77. The molecule has 21 heavy (non-hydrogen) atoms. The molecule has 0 bridgehead atoms. The summed E-state index contributed by atoms with van der Waals surface area (Å²) in [4.78, 5) is 9.71. The molecule has 2 aromatic rings. The van der Waals surface area contributed by atoms with Crippen LogP contribution in [0.1, 0.15) is 5.56 Å². The van der Waals surface area contributed by atoms with Gasteiger partial charge >= 0.3 is 5.69 Å². The van der Waals surface area contributed by atoms with E-state index >= 15 is 0 Å². The van der Waals surface area contributed by atoms with Gasteiger partial charge < -0.3 is 5.11 Å². The Morgan fingerprint density at radius 2 is 2.10 bits per heavy atom. The summed E-state index contributed by atoms with van der Waals surface area (Å²) in [6, 6.07) is 4.80. The topological polar surface area (TPSA) is 101 Å². The quantitative estimate of drug-likeness (QED) is 0.669. The van der Waals surface area contributed by atoms with Crippen molar-refractivity contribution in [2.75, 3.05) is 7.05 Å². The molecule has 0 saturated carbocycles. The van der Waals surface area contributed by atoms with E-state index in [9.17, 15) is 23.6 Å². The van der Waals surface area contributed by atoms with E-state index in [0.717, 1.165) is 28.1 Å². The van der Waals surface area contributed by atoms with Crippen LogP contribution in [0.5, 0.6) is 5.75 Å². The van der Waals surface area contributed by atoms with E-state index in [0.29, 0.717) is 0 Å². The molecule has 0 radical (unpaired) electrons. The van der Waals surface area contributed by atoms with E-state index < -0.39 is 26.4 Å². The first-order chi connectivity index (χ1) is 9.82. The van der Waals surface area contributed by atoms with E-state index in [1.165, 1.54) is 18.4 Å². The van der Waals surface area contributed by atoms with Gasteiger partial charge in [-0.2, -0.15) is 15.6 Å². The fourth-order valence-electron chi connectivity index (χ4n) is 1.71. The Morgan fingerprint density at radius 1 is 1.38 bits per heavy atom. The molecule has 7 nitrogen and oxygen atoms in total. The molecule has 1 aromatic heterocycles. The Hall–Kier alpha value is -1.97. The van der Waals surface area contributed by atoms with Crippen molar-refractivity contribution in [3.8, 4) is 5.75 Å². The first kappa shape index (κ1) is 15.4. The van der Waals surface area contributed by atoms with Crippen LogP contribution in [-0.2, 0) is 16.6 Å². The fourth-order valence-corrected chi connectivity index (χ4v) is 3.55. The second kappa shape index (κ2) is 5.80. The standard InChI is InChI=1S/C12H12N2O5S2/c1-13(7-9-4-5-20-8-9)21(18,19)10-2-3-12(15)11(6-10)14(16)17/h2-6,8,15H,7H2,1H3. The molecule has 0 atom stereocenters. The van der Waals surface area contributed by atoms with Gasteiger partial charge in [0.05, 0.1) is 9.82 Å². The predicted octanol–water partition coefficient (Wildman–Crippen LogP) is 2.18. The molecule has 0 aliphatic rings. The summed E-state index contributed by atoms with van der Waals surface area (Å²) >= 11 is 1.45. The number of nitro benzene ring substituents is 1. The minimum absolute atomic E-state index is 0.167. The Labute approximate surface area is 125 Å². The monoisotopic (exact) mass is 328 g/mol. The molecule has 9 heteroatoms. The summed E-state index contributed by atoms with van der Waals surface area (Å²) in [5.41, 5.74) is 0.194. The molecule has 0 aliphatic heterocycles. The van der Waals surface area contributed by atoms with Gasteiger partial charge in [-0.25, -0.2) is 8.42 Å². The van der Waals surface area contributed by atoms with Gasteiger partial charge in [-0.3, -0.25) is 10.1 Å². The molecule has 0 fully saturated rings. The van der Waals surface area contributed by atoms with Gasteiger partial charge in [-0.15, -0.1) is 0 Å². The molecule has 1 heterocycles. The number of aromatic hydroxyl groups is 1. The second-order valence-electron chi connectivity index (χ2n) is 4.30. The van der Waals surface area contributed by atoms with Crippen molar-refractivity contribution in [2.45, 2.75) is 11.4 Å². The highest BCUT2D eigenvalue weighted by Crippen LogP contribution is 2.29. The number of rotatable bonds is 5. The summed E-state index contributed by atoms with van der Waals surface area (Å²) < 4.78 is 25.8. The average Bonchev–Trinajstić information content (AvgIpc) is 2.91. The number of benzene rings is 1. The van der Waals surface area contributed by atoms with Crippen molar-refractivity contribution in [2.24, 2.45) is 0 Å². The van der Waals surface area contributed by atoms with Crippen LogP contribution >= 0.6 is 11.3 Å². The van der Waals surface area contributed by atoms with Crippen LogP contribution in [0.25, 0.3) is 0 Å². The lowest BCUT2D eigenvalue weighted by Gasteiger charge is -2.16. The van der Waals surface area contributed by atoms with E-state index in [2.05, 4.69) is 0 Å². The molecule has 1 N–H and O–H groups in total. The second-order valence-corrected chi connectivity index (χ2v) is 7.13. The summed E-state index contributed by atoms with van der Waals surface area (Å²) in [5.74, 6) is -0.570. The van der Waals surface area contributed by atoms with Crippen LogP contribution in [-0.4, -0.2) is 29.8 Å². The van der Waals surface area contributed by atoms with Crippen molar-refractivity contribution in [3.05, 3.63) is 50.7 Å². The number of hydrogen-bond acceptors (Lipinski definition) is 6. The number of thiophene rings is 1. The van der Waals surface area contributed by atoms with Crippen LogP contribution < -0.4 is 0 Å². The lowest BCUT2D eigenvalue weighted by atomic mass is 10.3. The van der Waals surface area contributed by atoms with Crippen LogP contribution in [0.2, 0.25) is 0 Å². The van der Waals surface area contributed by atoms with E-state index in [-0.39, 0.29) is 11.4 Å². The number of phenolic OH excluding ortho intramolecular Hbond substituents is 1. The maximum Gasteiger partial charge on any atom is 0.312 e. The maximum absolute atomic E-state index is 12.4. The van der Waals surface area contributed by atoms with Crippen LogP contribution in [0, 0.1) is 10.1 Å². The zero-order chi connectivity index (χ0) is 15.6. The molecular weight excluding hydrogens is 316 g/mol. The summed E-state index contributed by atoms with van der Waals surface area (Å²) in [7, 11) is -2.47. The fraction of sp³-hybridized carbons (Fsp3) is 0.167. The van der Waals surface area contributed by atoms with Gasteiger partial charge in [0.1, 0.15) is 0 Å². The molecule has 0 amide bonds. The third kappa shape index (κ3) is 3.20. The molecule has 0 aliphatic carbocycles. The molecule has 0 saturated heterocycles. The van der Waals surface area contributed by atoms with Gasteiger partial charge in [0, 0.05) is 19.7 Å². The minimum atomic E-state index is -3.87. The van der Waals surface area contributed by atoms with Crippen molar-refractivity contribution in [1.29, 1.82) is 0 Å². The number of nitrogens with zero attached hydrogens (tertiary/aromatic N) is 2. The number of sulfonamides is 1. The van der Waals surface area contributed by atoms with Crippen LogP contribution in [0.3, 0.4) is 0 Å². The highest BCUT2D eigenvalue weighted by molar-refractivity contribution is 7.89. The van der Waals surface area contributed by atoms with Crippen molar-refractivity contribution < 1.29 is 18.4 Å². The Kier molecular flexibility index (Phi) is 4.26. The molecule has 112 valence electrons. The maximum atomic E-state index is 12.4. The van der Waals surface area contributed by atoms with Crippen LogP contribution in [0.15, 0.2) is 39.9 Å². The van der Waals surface area contributed by atoms with E-state index in [1.807, 2.05) is 10.8 Å². The minimum Gasteiger partial charge on any atom is -0.502 e. The van der Waals surface area contributed by atoms with Crippen LogP contribution in [0.4, 0.5) is 5.69 Å². The van der Waals surface area contributed by atoms with Crippen molar-refractivity contribution >= 4 is 27.0 Å². The van der Waals surface area contributed by atoms with E-state index in [1.54, 1.807) is 6.07 Å². The first-order valence-corrected chi connectivity index (χ1v) is 8.15. The van der Waals surface area contributed by atoms with E-state index in [4.69, 9.17) is 0 Å². The number of nitro groups is 1. The summed E-state index contributed by atoms with van der Waals surface area (Å²) in [6.45, 7) is 0.167. The highest BCUT2D eigenvalue weighted by atomic mass is 32.2. The zero-order valence-electron chi connectivity index (χ0n) is 11.0. The number of phenols is 1. The lowest BCUT2D eigenvalue weighted by molar-refractivity contribution is -0.386. The largest absolute Gasteiger partial charge is 0.502 e. The molecule has 0 spiro atoms. The third-order valence-electron chi connectivity index (χ3n) is 2.84. The van der Waals surface area contributed by atoms with Gasteiger partial charge in [-0.05, 0) is 34.5 Å². The Balaban J connectivity index is 2.35. The summed E-state index contributed by atoms with van der Waals surface area (Å²) in [5, 5.41) is 23.8. The lowest BCUT2D eigenvalue weighted by Crippen LogP contribution is -2.26. The average molecular weight is 328 g/mol. The van der Waals surface area contributed by atoms with Gasteiger partial charge in [0.2, 0.25) is 10.0 Å². The van der Waals surface area contributed by atoms with Gasteiger partial charge in [0.25, 0.3) is 0 Å². The smallest absolute Gasteiger partial charge is 0.312 e.